The number of hydrogen-bond acceptors (Lipinski definition) is 1. The van der Waals surface area contributed by atoms with Crippen LogP contribution in [-0.2, 0) is 11.0 Å². The predicted octanol–water partition coefficient (Wildman–Crippen LogP) is 5.64. The number of carboxylic acids is 1. The molecule has 0 aliphatic carbocycles. The van der Waals surface area contributed by atoms with Crippen molar-refractivity contribution in [3.8, 4) is 0 Å². The number of rotatable bonds is 3. The molecule has 0 saturated heterocycles. The first-order valence-electron chi connectivity index (χ1n) is 6.26. The summed E-state index contributed by atoms with van der Waals surface area (Å²) in [5.74, 6) is -1.23. The number of aliphatic carboxylic acids is 1. The number of alkyl halides is 3. The lowest BCUT2D eigenvalue weighted by atomic mass is 10.0. The van der Waals surface area contributed by atoms with E-state index in [4.69, 9.17) is 23.2 Å². The van der Waals surface area contributed by atoms with Crippen LogP contribution < -0.4 is 0 Å². The van der Waals surface area contributed by atoms with E-state index in [-0.39, 0.29) is 15.6 Å². The van der Waals surface area contributed by atoms with E-state index in [0.717, 1.165) is 12.1 Å². The highest BCUT2D eigenvalue weighted by molar-refractivity contribution is 6.42. The summed E-state index contributed by atoms with van der Waals surface area (Å²) in [6.45, 7) is 0. The molecule has 23 heavy (non-hydrogen) atoms. The molecule has 0 unspecified atom stereocenters. The second kappa shape index (κ2) is 6.64. The first-order valence-corrected chi connectivity index (χ1v) is 7.02. The maximum absolute atomic E-state index is 12.5. The minimum atomic E-state index is -4.44. The molecule has 0 bridgehead atoms. The summed E-state index contributed by atoms with van der Waals surface area (Å²) in [5.41, 5.74) is -0.294. The van der Waals surface area contributed by atoms with Gasteiger partial charge in [0.2, 0.25) is 0 Å². The average Bonchev–Trinajstić information content (AvgIpc) is 2.47. The zero-order valence-electron chi connectivity index (χ0n) is 11.4. The molecule has 0 atom stereocenters. The fraction of sp³-hybridized carbons (Fsp3) is 0.0625. The van der Waals surface area contributed by atoms with Crippen LogP contribution >= 0.6 is 23.2 Å². The average molecular weight is 361 g/mol. The van der Waals surface area contributed by atoms with Gasteiger partial charge in [0.1, 0.15) is 0 Å². The van der Waals surface area contributed by atoms with Gasteiger partial charge in [-0.05, 0) is 41.5 Å². The molecule has 120 valence electrons. The number of hydrogen-bond donors (Lipinski definition) is 1. The topological polar surface area (TPSA) is 37.3 Å². The summed E-state index contributed by atoms with van der Waals surface area (Å²) in [7, 11) is 0. The molecular formula is C16H9Cl2F3O2. The Hall–Kier alpha value is -1.98. The summed E-state index contributed by atoms with van der Waals surface area (Å²) in [6, 6.07) is 8.47. The standard InChI is InChI=1S/C16H9Cl2F3O2/c17-13-6-3-10(8-14(13)18)12(15(22)23)7-9-1-4-11(5-2-9)16(19,20)21/h1-8H,(H,22,23). The molecule has 0 radical (unpaired) electrons. The Bertz CT molecular complexity index is 766. The van der Waals surface area contributed by atoms with Crippen molar-refractivity contribution in [2.75, 3.05) is 0 Å². The predicted molar refractivity (Wildman–Crippen MR) is 83.4 cm³/mol. The molecule has 0 aromatic heterocycles. The molecule has 1 N–H and O–H groups in total. The van der Waals surface area contributed by atoms with Gasteiger partial charge >= 0.3 is 12.1 Å². The van der Waals surface area contributed by atoms with Crippen molar-refractivity contribution in [3.63, 3.8) is 0 Å². The molecule has 0 amide bonds. The van der Waals surface area contributed by atoms with E-state index in [1.165, 1.54) is 36.4 Å². The Labute approximate surface area is 139 Å². The van der Waals surface area contributed by atoms with Gasteiger partial charge in [-0.25, -0.2) is 4.79 Å². The molecule has 0 fully saturated rings. The largest absolute Gasteiger partial charge is 0.478 e. The van der Waals surface area contributed by atoms with Crippen molar-refractivity contribution in [1.82, 2.24) is 0 Å². The van der Waals surface area contributed by atoms with Crippen molar-refractivity contribution in [3.05, 3.63) is 69.2 Å². The molecule has 7 heteroatoms. The first-order chi connectivity index (χ1) is 10.7. The van der Waals surface area contributed by atoms with E-state index in [1.807, 2.05) is 0 Å². The van der Waals surface area contributed by atoms with Crippen molar-refractivity contribution in [1.29, 1.82) is 0 Å². The van der Waals surface area contributed by atoms with E-state index in [2.05, 4.69) is 0 Å². The molecule has 2 nitrogen and oxygen atoms in total. The second-order valence-electron chi connectivity index (χ2n) is 4.61. The smallest absolute Gasteiger partial charge is 0.416 e. The Morgan fingerprint density at radius 1 is 1.00 bits per heavy atom. The van der Waals surface area contributed by atoms with Crippen molar-refractivity contribution in [2.45, 2.75) is 6.18 Å². The highest BCUT2D eigenvalue weighted by Gasteiger charge is 2.29. The number of benzene rings is 2. The van der Waals surface area contributed by atoms with Gasteiger partial charge < -0.3 is 5.11 Å². The first kappa shape index (κ1) is 17.4. The van der Waals surface area contributed by atoms with Gasteiger partial charge in [-0.3, -0.25) is 0 Å². The number of carboxylic acid groups (broad SMARTS) is 1. The summed E-state index contributed by atoms with van der Waals surface area (Å²) in [6.07, 6.45) is -3.18. The maximum atomic E-state index is 12.5. The third kappa shape index (κ3) is 4.27. The van der Waals surface area contributed by atoms with Crippen molar-refractivity contribution in [2.24, 2.45) is 0 Å². The normalized spacial score (nSPS) is 12.3. The SMILES string of the molecule is O=C(O)C(=Cc1ccc(C(F)(F)F)cc1)c1ccc(Cl)c(Cl)c1. The Morgan fingerprint density at radius 3 is 2.09 bits per heavy atom. The van der Waals surface area contributed by atoms with Crippen LogP contribution in [-0.4, -0.2) is 11.1 Å². The van der Waals surface area contributed by atoms with E-state index in [9.17, 15) is 23.1 Å². The minimum absolute atomic E-state index is 0.108. The van der Waals surface area contributed by atoms with Crippen LogP contribution in [0.15, 0.2) is 42.5 Å². The molecule has 2 rings (SSSR count). The van der Waals surface area contributed by atoms with Gasteiger partial charge in [-0.1, -0.05) is 41.4 Å². The van der Waals surface area contributed by atoms with Crippen LogP contribution in [0.2, 0.25) is 10.0 Å². The highest BCUT2D eigenvalue weighted by Crippen LogP contribution is 2.30. The lowest BCUT2D eigenvalue weighted by Gasteiger charge is -2.07. The summed E-state index contributed by atoms with van der Waals surface area (Å²) in [4.78, 5) is 11.4. The second-order valence-corrected chi connectivity index (χ2v) is 5.43. The summed E-state index contributed by atoms with van der Waals surface area (Å²) >= 11 is 11.6. The van der Waals surface area contributed by atoms with Crippen LogP contribution in [0.25, 0.3) is 11.6 Å². The van der Waals surface area contributed by atoms with Gasteiger partial charge in [0.05, 0.1) is 21.2 Å². The van der Waals surface area contributed by atoms with Gasteiger partial charge in [0, 0.05) is 0 Å². The molecule has 0 spiro atoms. The van der Waals surface area contributed by atoms with Crippen LogP contribution in [0.4, 0.5) is 13.2 Å². The fourth-order valence-electron chi connectivity index (χ4n) is 1.87. The third-order valence-corrected chi connectivity index (χ3v) is 3.75. The highest BCUT2D eigenvalue weighted by atomic mass is 35.5. The van der Waals surface area contributed by atoms with Crippen LogP contribution in [0.1, 0.15) is 16.7 Å². The molecule has 0 aliphatic rings. The zero-order valence-corrected chi connectivity index (χ0v) is 12.9. The number of carbonyl (C=O) groups is 1. The fourth-order valence-corrected chi connectivity index (χ4v) is 2.17. The quantitative estimate of drug-likeness (QED) is 0.568. The zero-order chi connectivity index (χ0) is 17.2. The molecular weight excluding hydrogens is 352 g/mol. The van der Waals surface area contributed by atoms with Crippen LogP contribution in [0, 0.1) is 0 Å². The Balaban J connectivity index is 2.43. The van der Waals surface area contributed by atoms with Crippen LogP contribution in [0.3, 0.4) is 0 Å². The van der Waals surface area contributed by atoms with E-state index < -0.39 is 17.7 Å². The monoisotopic (exact) mass is 360 g/mol. The minimum Gasteiger partial charge on any atom is -0.478 e. The van der Waals surface area contributed by atoms with E-state index in [1.54, 1.807) is 0 Å². The summed E-state index contributed by atoms with van der Waals surface area (Å²) in [5, 5.41) is 9.76. The van der Waals surface area contributed by atoms with Crippen molar-refractivity contribution >= 4 is 40.8 Å². The van der Waals surface area contributed by atoms with Gasteiger partial charge in [-0.2, -0.15) is 13.2 Å². The van der Waals surface area contributed by atoms with Crippen LogP contribution in [0.5, 0.6) is 0 Å². The van der Waals surface area contributed by atoms with Gasteiger partial charge in [-0.15, -0.1) is 0 Å². The number of halogens is 5. The molecule has 0 aliphatic heterocycles. The Kier molecular flexibility index (Phi) is 5.02. The lowest BCUT2D eigenvalue weighted by molar-refractivity contribution is -0.137. The van der Waals surface area contributed by atoms with E-state index in [0.29, 0.717) is 11.1 Å². The third-order valence-electron chi connectivity index (χ3n) is 3.01. The maximum Gasteiger partial charge on any atom is 0.416 e. The van der Waals surface area contributed by atoms with Crippen molar-refractivity contribution < 1.29 is 23.1 Å². The molecule has 2 aromatic carbocycles. The summed E-state index contributed by atoms with van der Waals surface area (Å²) < 4.78 is 37.6. The lowest BCUT2D eigenvalue weighted by Crippen LogP contribution is -2.04. The molecule has 0 heterocycles. The van der Waals surface area contributed by atoms with Gasteiger partial charge in [0.15, 0.2) is 0 Å². The molecule has 0 saturated carbocycles. The molecule has 2 aromatic rings. The van der Waals surface area contributed by atoms with E-state index >= 15 is 0 Å². The van der Waals surface area contributed by atoms with Gasteiger partial charge in [0.25, 0.3) is 0 Å². The Morgan fingerprint density at radius 2 is 1.61 bits per heavy atom.